The van der Waals surface area contributed by atoms with Crippen LogP contribution in [0, 0.1) is 0 Å². The van der Waals surface area contributed by atoms with E-state index in [9.17, 15) is 9.59 Å². The van der Waals surface area contributed by atoms with Crippen molar-refractivity contribution < 1.29 is 19.1 Å². The lowest BCUT2D eigenvalue weighted by Crippen LogP contribution is -2.04. The summed E-state index contributed by atoms with van der Waals surface area (Å²) in [6.45, 7) is 1.02. The van der Waals surface area contributed by atoms with Crippen LogP contribution in [-0.2, 0) is 0 Å². The van der Waals surface area contributed by atoms with E-state index in [0.717, 1.165) is 32.9 Å². The maximum atomic E-state index is 12.6. The van der Waals surface area contributed by atoms with Crippen LogP contribution in [0.25, 0.3) is 12.2 Å². The molecule has 0 spiro atoms. The number of allylic oxidation sites excluding steroid dienone is 2. The van der Waals surface area contributed by atoms with Gasteiger partial charge in [-0.3, -0.25) is 9.59 Å². The Morgan fingerprint density at radius 1 is 0.575 bits per heavy atom. The zero-order valence-electron chi connectivity index (χ0n) is 21.8. The zero-order valence-corrected chi connectivity index (χ0v) is 24.9. The van der Waals surface area contributed by atoms with Crippen LogP contribution in [0.4, 0.5) is 0 Å². The predicted molar refractivity (Wildman–Crippen MR) is 168 cm³/mol. The third-order valence-electron chi connectivity index (χ3n) is 5.86. The largest absolute Gasteiger partial charge is 0.494 e. The van der Waals surface area contributed by atoms with Crippen LogP contribution in [-0.4, -0.2) is 24.8 Å². The highest BCUT2D eigenvalue weighted by Crippen LogP contribution is 2.18. The van der Waals surface area contributed by atoms with E-state index < -0.39 is 0 Å². The summed E-state index contributed by atoms with van der Waals surface area (Å²) in [6.07, 6.45) is 8.31. The minimum Gasteiger partial charge on any atom is -0.494 e. The molecule has 4 rings (SSSR count). The van der Waals surface area contributed by atoms with Crippen molar-refractivity contribution in [3.05, 3.63) is 140 Å². The van der Waals surface area contributed by atoms with Crippen LogP contribution < -0.4 is 9.47 Å². The molecule has 0 heterocycles. The van der Waals surface area contributed by atoms with Gasteiger partial charge in [0, 0.05) is 20.1 Å². The van der Waals surface area contributed by atoms with Crippen LogP contribution in [0.15, 0.2) is 118 Å². The Labute approximate surface area is 251 Å². The lowest BCUT2D eigenvalue weighted by Gasteiger charge is -2.09. The Kier molecular flexibility index (Phi) is 11.1. The van der Waals surface area contributed by atoms with E-state index in [-0.39, 0.29) is 11.6 Å². The summed E-state index contributed by atoms with van der Waals surface area (Å²) in [5.74, 6) is 1.15. The Hall–Kier alpha value is -3.74. The Balaban J connectivity index is 1.19. The maximum Gasteiger partial charge on any atom is 0.185 e. The minimum absolute atomic E-state index is 0.0804. The van der Waals surface area contributed by atoms with Gasteiger partial charge in [-0.2, -0.15) is 0 Å². The topological polar surface area (TPSA) is 52.6 Å². The molecule has 0 aliphatic rings. The van der Waals surface area contributed by atoms with Crippen LogP contribution in [0.5, 0.6) is 11.5 Å². The van der Waals surface area contributed by atoms with E-state index in [4.69, 9.17) is 9.47 Å². The molecule has 4 aromatic carbocycles. The number of benzene rings is 4. The maximum absolute atomic E-state index is 12.6. The number of carbonyl (C=O) groups excluding carboxylic acids is 2. The van der Waals surface area contributed by atoms with Crippen molar-refractivity contribution in [3.63, 3.8) is 0 Å². The van der Waals surface area contributed by atoms with Crippen LogP contribution >= 0.6 is 31.9 Å². The van der Waals surface area contributed by atoms with E-state index >= 15 is 0 Å². The summed E-state index contributed by atoms with van der Waals surface area (Å²) < 4.78 is 13.6. The summed E-state index contributed by atoms with van der Waals surface area (Å²) in [4.78, 5) is 25.2. The molecule has 6 heteroatoms. The van der Waals surface area contributed by atoms with Crippen LogP contribution in [0.3, 0.4) is 0 Å². The van der Waals surface area contributed by atoms with Gasteiger partial charge < -0.3 is 9.47 Å². The molecule has 0 N–H and O–H groups in total. The van der Waals surface area contributed by atoms with E-state index in [1.54, 1.807) is 48.6 Å². The summed E-state index contributed by atoms with van der Waals surface area (Å²) in [5.41, 5.74) is 3.05. The third kappa shape index (κ3) is 9.47. The SMILES string of the molecule is O=C(/C=C/c1cccc(Br)c1)c1cccc(OCCCCOc2cccc(C(=O)/C=C/c3cccc(Br)c3)c2)c1. The lowest BCUT2D eigenvalue weighted by molar-refractivity contribution is 0.103. The molecule has 0 aliphatic heterocycles. The molecule has 0 saturated heterocycles. The van der Waals surface area contributed by atoms with Crippen LogP contribution in [0.2, 0.25) is 0 Å². The van der Waals surface area contributed by atoms with Gasteiger partial charge in [-0.05, 0) is 84.7 Å². The summed E-state index contributed by atoms with van der Waals surface area (Å²) >= 11 is 6.88. The summed E-state index contributed by atoms with van der Waals surface area (Å²) in [5, 5.41) is 0. The lowest BCUT2D eigenvalue weighted by atomic mass is 10.1. The first kappa shape index (κ1) is 29.2. The molecule has 0 aliphatic carbocycles. The molecule has 0 radical (unpaired) electrons. The quantitative estimate of drug-likeness (QED) is 0.0816. The fourth-order valence-corrected chi connectivity index (χ4v) is 4.65. The number of halogens is 2. The van der Waals surface area contributed by atoms with Gasteiger partial charge in [0.15, 0.2) is 11.6 Å². The molecular weight excluding hydrogens is 632 g/mol. The number of hydrogen-bond acceptors (Lipinski definition) is 4. The number of carbonyl (C=O) groups is 2. The molecular formula is C34H28Br2O4. The number of ketones is 2. The smallest absolute Gasteiger partial charge is 0.185 e. The third-order valence-corrected chi connectivity index (χ3v) is 6.85. The molecule has 0 fully saturated rings. The number of rotatable bonds is 13. The molecule has 4 nitrogen and oxygen atoms in total. The molecule has 202 valence electrons. The van der Waals surface area contributed by atoms with Gasteiger partial charge in [0.2, 0.25) is 0 Å². The average Bonchev–Trinajstić information content (AvgIpc) is 2.97. The molecule has 0 unspecified atom stereocenters. The monoisotopic (exact) mass is 658 g/mol. The molecule has 0 aromatic heterocycles. The Morgan fingerprint density at radius 2 is 1.00 bits per heavy atom. The second-order valence-electron chi connectivity index (χ2n) is 8.96. The van der Waals surface area contributed by atoms with Gasteiger partial charge in [-0.1, -0.05) is 92.5 Å². The average molecular weight is 660 g/mol. The summed E-state index contributed by atoms with van der Waals surface area (Å²) in [7, 11) is 0. The van der Waals surface area contributed by atoms with Gasteiger partial charge in [0.1, 0.15) is 11.5 Å². The second kappa shape index (κ2) is 15.2. The van der Waals surface area contributed by atoms with E-state index in [2.05, 4.69) is 31.9 Å². The van der Waals surface area contributed by atoms with E-state index in [1.807, 2.05) is 72.8 Å². The van der Waals surface area contributed by atoms with Crippen molar-refractivity contribution in [1.29, 1.82) is 0 Å². The Bertz CT molecular complexity index is 1410. The molecule has 0 saturated carbocycles. The van der Waals surface area contributed by atoms with Gasteiger partial charge in [-0.25, -0.2) is 0 Å². The van der Waals surface area contributed by atoms with Gasteiger partial charge >= 0.3 is 0 Å². The second-order valence-corrected chi connectivity index (χ2v) is 10.8. The fourth-order valence-electron chi connectivity index (χ4n) is 3.82. The standard InChI is InChI=1S/C34H28Br2O4/c35-29-11-3-7-25(21-29)15-17-33(37)27-9-5-13-31(23-27)39-19-1-2-20-40-32-14-6-10-28(24-32)34(38)18-16-26-8-4-12-30(36)22-26/h3-18,21-24H,1-2,19-20H2/b17-15+,18-16+. The van der Waals surface area contributed by atoms with Crippen molar-refractivity contribution in [3.8, 4) is 11.5 Å². The normalized spacial score (nSPS) is 11.2. The fraction of sp³-hybridized carbons (Fsp3) is 0.118. The van der Waals surface area contributed by atoms with Crippen molar-refractivity contribution in [2.45, 2.75) is 12.8 Å². The van der Waals surface area contributed by atoms with Crippen LogP contribution in [0.1, 0.15) is 44.7 Å². The molecule has 4 aromatic rings. The van der Waals surface area contributed by atoms with Crippen molar-refractivity contribution in [2.75, 3.05) is 13.2 Å². The predicted octanol–water partition coefficient (Wildman–Crippen LogP) is 9.24. The highest BCUT2D eigenvalue weighted by atomic mass is 79.9. The minimum atomic E-state index is -0.0804. The van der Waals surface area contributed by atoms with Crippen molar-refractivity contribution in [2.24, 2.45) is 0 Å². The molecule has 0 bridgehead atoms. The first-order chi connectivity index (χ1) is 19.5. The van der Waals surface area contributed by atoms with Gasteiger partial charge in [0.25, 0.3) is 0 Å². The highest BCUT2D eigenvalue weighted by molar-refractivity contribution is 9.10. The number of hydrogen-bond donors (Lipinski definition) is 0. The highest BCUT2D eigenvalue weighted by Gasteiger charge is 2.06. The Morgan fingerprint density at radius 3 is 1.43 bits per heavy atom. The van der Waals surface area contributed by atoms with Crippen molar-refractivity contribution in [1.82, 2.24) is 0 Å². The summed E-state index contributed by atoms with van der Waals surface area (Å²) in [6, 6.07) is 29.9. The first-order valence-corrected chi connectivity index (χ1v) is 14.5. The zero-order chi connectivity index (χ0) is 28.2. The molecule has 0 amide bonds. The number of ether oxygens (including phenoxy) is 2. The molecule has 40 heavy (non-hydrogen) atoms. The van der Waals surface area contributed by atoms with E-state index in [1.165, 1.54) is 0 Å². The van der Waals surface area contributed by atoms with Gasteiger partial charge in [-0.15, -0.1) is 0 Å². The number of unbranched alkanes of at least 4 members (excludes halogenated alkanes) is 1. The van der Waals surface area contributed by atoms with Crippen molar-refractivity contribution >= 4 is 55.6 Å². The van der Waals surface area contributed by atoms with Gasteiger partial charge in [0.05, 0.1) is 13.2 Å². The molecule has 0 atom stereocenters. The van der Waals surface area contributed by atoms with E-state index in [0.29, 0.717) is 35.8 Å². The first-order valence-electron chi connectivity index (χ1n) is 12.9.